The molecular formula is C13H16F3N3O3S. The van der Waals surface area contributed by atoms with E-state index in [-0.39, 0.29) is 5.69 Å². The van der Waals surface area contributed by atoms with Crippen LogP contribution in [0, 0.1) is 0 Å². The third-order valence-electron chi connectivity index (χ3n) is 3.46. The molecule has 0 spiro atoms. The van der Waals surface area contributed by atoms with Gasteiger partial charge in [0.15, 0.2) is 0 Å². The lowest BCUT2D eigenvalue weighted by atomic mass is 10.2. The van der Waals surface area contributed by atoms with Crippen molar-refractivity contribution >= 4 is 27.3 Å². The maximum Gasteiger partial charge on any atom is 0.471 e. The van der Waals surface area contributed by atoms with Crippen molar-refractivity contribution in [2.75, 3.05) is 42.7 Å². The monoisotopic (exact) mass is 351 g/mol. The SMILES string of the molecule is CS(=O)(=O)N1CCN(c2ccc(NC(=O)C(F)(F)F)cc2)CC1. The number of rotatable bonds is 3. The van der Waals surface area contributed by atoms with Gasteiger partial charge in [-0.05, 0) is 24.3 Å². The van der Waals surface area contributed by atoms with Gasteiger partial charge in [-0.15, -0.1) is 0 Å². The molecule has 23 heavy (non-hydrogen) atoms. The summed E-state index contributed by atoms with van der Waals surface area (Å²) in [6, 6.07) is 5.92. The first kappa shape index (κ1) is 17.5. The fourth-order valence-electron chi connectivity index (χ4n) is 2.24. The molecule has 6 nitrogen and oxygen atoms in total. The summed E-state index contributed by atoms with van der Waals surface area (Å²) in [5.41, 5.74) is 0.800. The highest BCUT2D eigenvalue weighted by molar-refractivity contribution is 7.88. The van der Waals surface area contributed by atoms with Crippen molar-refractivity contribution in [3.8, 4) is 0 Å². The average Bonchev–Trinajstić information content (AvgIpc) is 2.46. The highest BCUT2D eigenvalue weighted by Gasteiger charge is 2.38. The molecule has 1 aromatic rings. The van der Waals surface area contributed by atoms with E-state index in [0.29, 0.717) is 26.2 Å². The van der Waals surface area contributed by atoms with E-state index < -0.39 is 22.1 Å². The number of piperazine rings is 1. The van der Waals surface area contributed by atoms with Crippen LogP contribution in [0.15, 0.2) is 24.3 Å². The van der Waals surface area contributed by atoms with E-state index in [2.05, 4.69) is 0 Å². The lowest BCUT2D eigenvalue weighted by molar-refractivity contribution is -0.167. The maximum atomic E-state index is 12.2. The van der Waals surface area contributed by atoms with E-state index >= 15 is 0 Å². The number of alkyl halides is 3. The minimum absolute atomic E-state index is 0.0471. The number of benzene rings is 1. The molecular weight excluding hydrogens is 335 g/mol. The van der Waals surface area contributed by atoms with Crippen LogP contribution in [0.25, 0.3) is 0 Å². The van der Waals surface area contributed by atoms with Crippen LogP contribution < -0.4 is 10.2 Å². The second kappa shape index (κ2) is 6.36. The standard InChI is InChI=1S/C13H16F3N3O3S/c1-23(21,22)19-8-6-18(7-9-19)11-4-2-10(3-5-11)17-12(20)13(14,15)16/h2-5H,6-9H2,1H3,(H,17,20). The molecule has 1 aromatic carbocycles. The van der Waals surface area contributed by atoms with Crippen molar-refractivity contribution in [2.24, 2.45) is 0 Å². The third-order valence-corrected chi connectivity index (χ3v) is 4.76. The first-order valence-electron chi connectivity index (χ1n) is 6.76. The van der Waals surface area contributed by atoms with E-state index in [1.165, 1.54) is 16.4 Å². The van der Waals surface area contributed by atoms with E-state index in [1.54, 1.807) is 17.4 Å². The first-order valence-corrected chi connectivity index (χ1v) is 8.60. The van der Waals surface area contributed by atoms with Gasteiger partial charge in [0.1, 0.15) is 0 Å². The average molecular weight is 351 g/mol. The summed E-state index contributed by atoms with van der Waals surface area (Å²) in [5, 5.41) is 1.77. The molecule has 0 aromatic heterocycles. The largest absolute Gasteiger partial charge is 0.471 e. The van der Waals surface area contributed by atoms with Crippen LogP contribution in [-0.2, 0) is 14.8 Å². The van der Waals surface area contributed by atoms with E-state index in [9.17, 15) is 26.4 Å². The molecule has 128 valence electrons. The molecule has 1 amide bonds. The Morgan fingerprint density at radius 1 is 1.09 bits per heavy atom. The number of halogens is 3. The molecule has 0 bridgehead atoms. The van der Waals surface area contributed by atoms with Gasteiger partial charge in [0, 0.05) is 37.6 Å². The van der Waals surface area contributed by atoms with E-state index in [1.807, 2.05) is 4.90 Å². The van der Waals surface area contributed by atoms with Gasteiger partial charge in [0.05, 0.1) is 6.26 Å². The number of sulfonamides is 1. The van der Waals surface area contributed by atoms with Crippen molar-refractivity contribution < 1.29 is 26.4 Å². The zero-order chi connectivity index (χ0) is 17.3. The van der Waals surface area contributed by atoms with Crippen molar-refractivity contribution in [3.63, 3.8) is 0 Å². The molecule has 1 N–H and O–H groups in total. The fourth-order valence-corrected chi connectivity index (χ4v) is 3.06. The molecule has 0 saturated carbocycles. The van der Waals surface area contributed by atoms with Crippen LogP contribution in [0.2, 0.25) is 0 Å². The normalized spacial score (nSPS) is 17.1. The second-order valence-electron chi connectivity index (χ2n) is 5.15. The third kappa shape index (κ3) is 4.58. The summed E-state index contributed by atoms with van der Waals surface area (Å²) < 4.78 is 60.7. The first-order chi connectivity index (χ1) is 10.6. The quantitative estimate of drug-likeness (QED) is 0.890. The Labute approximate surface area is 131 Å². The minimum atomic E-state index is -4.93. The number of hydrogen-bond acceptors (Lipinski definition) is 4. The second-order valence-corrected chi connectivity index (χ2v) is 7.13. The number of nitrogens with one attached hydrogen (secondary N) is 1. The molecule has 1 fully saturated rings. The molecule has 1 aliphatic heterocycles. The van der Waals surface area contributed by atoms with Gasteiger partial charge < -0.3 is 10.2 Å². The summed E-state index contributed by atoms with van der Waals surface area (Å²) in [6.07, 6.45) is -3.78. The smallest absolute Gasteiger partial charge is 0.369 e. The zero-order valence-electron chi connectivity index (χ0n) is 12.3. The molecule has 0 radical (unpaired) electrons. The van der Waals surface area contributed by atoms with Gasteiger partial charge in [-0.3, -0.25) is 4.79 Å². The number of carbonyl (C=O) groups is 1. The summed E-state index contributed by atoms with van der Waals surface area (Å²) in [7, 11) is -3.21. The number of anilines is 2. The number of nitrogens with zero attached hydrogens (tertiary/aromatic N) is 2. The topological polar surface area (TPSA) is 69.7 Å². The number of hydrogen-bond donors (Lipinski definition) is 1. The van der Waals surface area contributed by atoms with Gasteiger partial charge in [-0.1, -0.05) is 0 Å². The molecule has 2 rings (SSSR count). The van der Waals surface area contributed by atoms with Gasteiger partial charge in [0.2, 0.25) is 10.0 Å². The molecule has 1 saturated heterocycles. The van der Waals surface area contributed by atoms with Crippen LogP contribution in [0.1, 0.15) is 0 Å². The Morgan fingerprint density at radius 2 is 1.61 bits per heavy atom. The van der Waals surface area contributed by atoms with E-state index in [4.69, 9.17) is 0 Å². The highest BCUT2D eigenvalue weighted by atomic mass is 32.2. The fraction of sp³-hybridized carbons (Fsp3) is 0.462. The zero-order valence-corrected chi connectivity index (χ0v) is 13.1. The van der Waals surface area contributed by atoms with Gasteiger partial charge in [-0.2, -0.15) is 17.5 Å². The predicted octanol–water partition coefficient (Wildman–Crippen LogP) is 1.27. The Kier molecular flexibility index (Phi) is 4.85. The van der Waals surface area contributed by atoms with Crippen molar-refractivity contribution in [2.45, 2.75) is 6.18 Å². The summed E-state index contributed by atoms with van der Waals surface area (Å²) in [6.45, 7) is 1.68. The predicted molar refractivity (Wildman–Crippen MR) is 79.8 cm³/mol. The van der Waals surface area contributed by atoms with Crippen molar-refractivity contribution in [1.82, 2.24) is 4.31 Å². The Balaban J connectivity index is 1.97. The number of carbonyl (C=O) groups excluding carboxylic acids is 1. The summed E-state index contributed by atoms with van der Waals surface area (Å²) in [4.78, 5) is 12.8. The van der Waals surface area contributed by atoms with Gasteiger partial charge >= 0.3 is 12.1 Å². The Hall–Kier alpha value is -1.81. The van der Waals surface area contributed by atoms with Gasteiger partial charge in [0.25, 0.3) is 0 Å². The van der Waals surface area contributed by atoms with Crippen LogP contribution in [0.4, 0.5) is 24.5 Å². The van der Waals surface area contributed by atoms with Crippen LogP contribution >= 0.6 is 0 Å². The molecule has 1 heterocycles. The highest BCUT2D eigenvalue weighted by Crippen LogP contribution is 2.22. The Morgan fingerprint density at radius 3 is 2.04 bits per heavy atom. The van der Waals surface area contributed by atoms with Crippen molar-refractivity contribution in [1.29, 1.82) is 0 Å². The molecule has 0 aliphatic carbocycles. The van der Waals surface area contributed by atoms with Crippen molar-refractivity contribution in [3.05, 3.63) is 24.3 Å². The van der Waals surface area contributed by atoms with Crippen LogP contribution in [-0.4, -0.2) is 57.2 Å². The Bertz CT molecular complexity index is 666. The van der Waals surface area contributed by atoms with E-state index in [0.717, 1.165) is 11.9 Å². The number of amides is 1. The summed E-state index contributed by atoms with van der Waals surface area (Å²) in [5.74, 6) is -2.02. The van der Waals surface area contributed by atoms with Crippen LogP contribution in [0.5, 0.6) is 0 Å². The minimum Gasteiger partial charge on any atom is -0.369 e. The molecule has 1 aliphatic rings. The molecule has 0 unspecified atom stereocenters. The molecule has 10 heteroatoms. The van der Waals surface area contributed by atoms with Gasteiger partial charge in [-0.25, -0.2) is 8.42 Å². The van der Waals surface area contributed by atoms with Crippen LogP contribution in [0.3, 0.4) is 0 Å². The molecule has 0 atom stereocenters. The lowest BCUT2D eigenvalue weighted by Crippen LogP contribution is -2.48. The summed E-state index contributed by atoms with van der Waals surface area (Å²) >= 11 is 0. The maximum absolute atomic E-state index is 12.2. The lowest BCUT2D eigenvalue weighted by Gasteiger charge is -2.34.